The highest BCUT2D eigenvalue weighted by molar-refractivity contribution is 6.29. The molecule has 0 saturated heterocycles. The summed E-state index contributed by atoms with van der Waals surface area (Å²) in [6.45, 7) is 0.649. The molecule has 2 aromatic rings. The van der Waals surface area contributed by atoms with Crippen LogP contribution in [0.5, 0.6) is 5.88 Å². The number of rotatable bonds is 3. The fourth-order valence-electron chi connectivity index (χ4n) is 2.73. The molecule has 0 saturated carbocycles. The number of nitrogens with zero attached hydrogens (tertiary/aromatic N) is 3. The number of carbonyl (C=O) groups excluding carboxylic acids is 1. The first-order valence-electron chi connectivity index (χ1n) is 7.21. The van der Waals surface area contributed by atoms with Crippen LogP contribution in [-0.4, -0.2) is 45.5 Å². The van der Waals surface area contributed by atoms with Crippen molar-refractivity contribution in [2.45, 2.75) is 13.0 Å². The van der Waals surface area contributed by atoms with E-state index in [1.54, 1.807) is 17.0 Å². The second kappa shape index (κ2) is 6.45. The van der Waals surface area contributed by atoms with E-state index >= 15 is 0 Å². The van der Waals surface area contributed by atoms with Crippen LogP contribution in [0.15, 0.2) is 24.4 Å². The van der Waals surface area contributed by atoms with Gasteiger partial charge in [-0.1, -0.05) is 11.6 Å². The van der Waals surface area contributed by atoms with Gasteiger partial charge in [-0.15, -0.1) is 0 Å². The molecule has 0 fully saturated rings. The van der Waals surface area contributed by atoms with Gasteiger partial charge in [0.05, 0.1) is 7.11 Å². The van der Waals surface area contributed by atoms with E-state index in [-0.39, 0.29) is 34.7 Å². The van der Waals surface area contributed by atoms with Crippen molar-refractivity contribution in [3.8, 4) is 5.88 Å². The lowest BCUT2D eigenvalue weighted by atomic mass is 9.98. The lowest BCUT2D eigenvalue weighted by Crippen LogP contribution is -2.37. The minimum Gasteiger partial charge on any atom is -0.480 e. The van der Waals surface area contributed by atoms with Crippen molar-refractivity contribution in [2.75, 3.05) is 13.7 Å². The molecule has 0 spiro atoms. The molecule has 0 atom stereocenters. The Bertz CT molecular complexity index is 825. The van der Waals surface area contributed by atoms with Crippen LogP contribution in [0.25, 0.3) is 0 Å². The van der Waals surface area contributed by atoms with Gasteiger partial charge < -0.3 is 14.7 Å². The van der Waals surface area contributed by atoms with E-state index < -0.39 is 5.97 Å². The minimum atomic E-state index is -1.10. The van der Waals surface area contributed by atoms with Gasteiger partial charge in [-0.25, -0.2) is 14.8 Å². The highest BCUT2D eigenvalue weighted by Gasteiger charge is 2.28. The number of aromatic nitrogens is 2. The lowest BCUT2D eigenvalue weighted by Gasteiger charge is -2.29. The maximum atomic E-state index is 12.8. The fourth-order valence-corrected chi connectivity index (χ4v) is 2.87. The minimum absolute atomic E-state index is 0.0220. The van der Waals surface area contributed by atoms with Crippen molar-refractivity contribution in [1.29, 1.82) is 0 Å². The molecular formula is C16H14ClN3O4. The van der Waals surface area contributed by atoms with Crippen LogP contribution < -0.4 is 4.74 Å². The highest BCUT2D eigenvalue weighted by atomic mass is 35.5. The van der Waals surface area contributed by atoms with E-state index in [4.69, 9.17) is 16.3 Å². The summed E-state index contributed by atoms with van der Waals surface area (Å²) in [5, 5.41) is 9.51. The van der Waals surface area contributed by atoms with Gasteiger partial charge in [0.2, 0.25) is 5.88 Å². The molecule has 1 aliphatic heterocycles. The number of carboxylic acid groups (broad SMARTS) is 1. The van der Waals surface area contributed by atoms with Crippen molar-refractivity contribution >= 4 is 23.5 Å². The summed E-state index contributed by atoms with van der Waals surface area (Å²) in [6, 6.07) is 4.85. The Hall–Kier alpha value is -2.67. The molecule has 1 aliphatic rings. The van der Waals surface area contributed by atoms with Crippen LogP contribution in [0.4, 0.5) is 0 Å². The number of carboxylic acids is 1. The number of fused-ring (bicyclic) bond motifs is 1. The molecule has 0 aliphatic carbocycles. The van der Waals surface area contributed by atoms with Gasteiger partial charge in [0.1, 0.15) is 10.7 Å². The van der Waals surface area contributed by atoms with Crippen LogP contribution in [0.2, 0.25) is 5.15 Å². The molecule has 7 nitrogen and oxygen atoms in total. The summed E-state index contributed by atoms with van der Waals surface area (Å²) in [7, 11) is 1.41. The molecular weight excluding hydrogens is 334 g/mol. The molecule has 0 bridgehead atoms. The highest BCUT2D eigenvalue weighted by Crippen LogP contribution is 2.25. The zero-order valence-corrected chi connectivity index (χ0v) is 13.6. The van der Waals surface area contributed by atoms with Gasteiger partial charge in [0.25, 0.3) is 5.91 Å². The summed E-state index contributed by atoms with van der Waals surface area (Å²) < 4.78 is 5.12. The first kappa shape index (κ1) is 16.2. The van der Waals surface area contributed by atoms with Crippen molar-refractivity contribution in [2.24, 2.45) is 0 Å². The van der Waals surface area contributed by atoms with E-state index in [2.05, 4.69) is 9.97 Å². The predicted octanol–water partition coefficient (Wildman–Crippen LogP) is 2.04. The Morgan fingerprint density at radius 3 is 2.83 bits per heavy atom. The molecule has 24 heavy (non-hydrogen) atoms. The monoisotopic (exact) mass is 347 g/mol. The zero-order chi connectivity index (χ0) is 17.3. The maximum absolute atomic E-state index is 12.8. The average molecular weight is 348 g/mol. The van der Waals surface area contributed by atoms with Crippen molar-refractivity contribution in [3.05, 3.63) is 51.9 Å². The van der Waals surface area contributed by atoms with Gasteiger partial charge in [-0.3, -0.25) is 4.79 Å². The van der Waals surface area contributed by atoms with Crippen LogP contribution in [0.1, 0.15) is 32.0 Å². The third kappa shape index (κ3) is 2.90. The molecule has 3 heterocycles. The normalized spacial score (nSPS) is 13.3. The van der Waals surface area contributed by atoms with E-state index in [1.165, 1.54) is 19.4 Å². The Balaban J connectivity index is 1.93. The number of hydrogen-bond donors (Lipinski definition) is 1. The summed E-state index contributed by atoms with van der Waals surface area (Å²) in [4.78, 5) is 33.6. The van der Waals surface area contributed by atoms with Crippen LogP contribution in [0, 0.1) is 0 Å². The summed E-state index contributed by atoms with van der Waals surface area (Å²) in [5.74, 6) is -1.25. The maximum Gasteiger partial charge on any atom is 0.354 e. The molecule has 0 aromatic carbocycles. The molecule has 0 radical (unpaired) electrons. The van der Waals surface area contributed by atoms with Crippen molar-refractivity contribution < 1.29 is 19.4 Å². The van der Waals surface area contributed by atoms with E-state index in [9.17, 15) is 14.7 Å². The topological polar surface area (TPSA) is 92.6 Å². The Morgan fingerprint density at radius 2 is 2.12 bits per heavy atom. The van der Waals surface area contributed by atoms with Gasteiger partial charge >= 0.3 is 5.97 Å². The largest absolute Gasteiger partial charge is 0.480 e. The molecule has 1 amide bonds. The number of ether oxygens (including phenoxy) is 1. The van der Waals surface area contributed by atoms with E-state index in [0.29, 0.717) is 18.5 Å². The second-order valence-electron chi connectivity index (χ2n) is 5.27. The van der Waals surface area contributed by atoms with Crippen molar-refractivity contribution in [3.63, 3.8) is 0 Å². The first-order chi connectivity index (χ1) is 11.5. The molecule has 8 heteroatoms. The molecule has 1 N–H and O–H groups in total. The quantitative estimate of drug-likeness (QED) is 0.854. The summed E-state index contributed by atoms with van der Waals surface area (Å²) in [6.07, 6.45) is 2.04. The zero-order valence-electron chi connectivity index (χ0n) is 12.8. The van der Waals surface area contributed by atoms with Crippen LogP contribution in [0.3, 0.4) is 0 Å². The smallest absolute Gasteiger partial charge is 0.354 e. The van der Waals surface area contributed by atoms with Gasteiger partial charge in [0, 0.05) is 24.8 Å². The van der Waals surface area contributed by atoms with E-state index in [1.807, 2.05) is 0 Å². The Kier molecular flexibility index (Phi) is 4.35. The van der Waals surface area contributed by atoms with Gasteiger partial charge in [0.15, 0.2) is 5.69 Å². The van der Waals surface area contributed by atoms with Crippen molar-refractivity contribution in [1.82, 2.24) is 14.9 Å². The number of methoxy groups -OCH3 is 1. The van der Waals surface area contributed by atoms with Crippen LogP contribution >= 0.6 is 11.6 Å². The summed E-state index contributed by atoms with van der Waals surface area (Å²) in [5.41, 5.74) is 1.72. The SMILES string of the molecule is COc1nc(Cl)ccc1C(=O)N1CCc2ccnc(C(=O)O)c2C1. The average Bonchev–Trinajstić information content (AvgIpc) is 2.59. The Morgan fingerprint density at radius 1 is 1.33 bits per heavy atom. The molecule has 3 rings (SSSR count). The Labute approximate surface area is 142 Å². The number of halogens is 1. The van der Waals surface area contributed by atoms with E-state index in [0.717, 1.165) is 5.56 Å². The third-order valence-electron chi connectivity index (χ3n) is 3.89. The number of pyridine rings is 2. The fraction of sp³-hybridized carbons (Fsp3) is 0.250. The first-order valence-corrected chi connectivity index (χ1v) is 7.59. The van der Waals surface area contributed by atoms with Crippen LogP contribution in [-0.2, 0) is 13.0 Å². The van der Waals surface area contributed by atoms with Gasteiger partial charge in [-0.2, -0.15) is 0 Å². The summed E-state index contributed by atoms with van der Waals surface area (Å²) >= 11 is 5.82. The standard InChI is InChI=1S/C16H14ClN3O4/c1-24-14-10(2-3-12(17)19-14)15(21)20-7-5-9-4-6-18-13(16(22)23)11(9)8-20/h2-4,6H,5,7-8H2,1H3,(H,22,23). The lowest BCUT2D eigenvalue weighted by molar-refractivity contribution is 0.0670. The second-order valence-corrected chi connectivity index (χ2v) is 5.66. The number of aromatic carboxylic acids is 1. The molecule has 0 unspecified atom stereocenters. The van der Waals surface area contributed by atoms with Gasteiger partial charge in [-0.05, 0) is 30.2 Å². The third-order valence-corrected chi connectivity index (χ3v) is 4.10. The molecule has 124 valence electrons. The number of carbonyl (C=O) groups is 2. The molecule has 2 aromatic heterocycles. The number of amides is 1. The predicted molar refractivity (Wildman–Crippen MR) is 85.4 cm³/mol. The number of hydrogen-bond acceptors (Lipinski definition) is 5.